The third-order valence-electron chi connectivity index (χ3n) is 2.52. The Bertz CT molecular complexity index is 664. The summed E-state index contributed by atoms with van der Waals surface area (Å²) in [4.78, 5) is 11.7. The van der Waals surface area contributed by atoms with E-state index in [0.717, 1.165) is 11.8 Å². The highest BCUT2D eigenvalue weighted by atomic mass is 35.5. The highest BCUT2D eigenvalue weighted by Crippen LogP contribution is 2.39. The van der Waals surface area contributed by atoms with Crippen molar-refractivity contribution in [3.63, 3.8) is 0 Å². The Balaban J connectivity index is 2.42. The predicted octanol–water partition coefficient (Wildman–Crippen LogP) is 4.55. The number of nitrogens with zero attached hydrogens (tertiary/aromatic N) is 1. The molecule has 0 radical (unpaired) electrons. The Labute approximate surface area is 129 Å². The summed E-state index contributed by atoms with van der Waals surface area (Å²) in [6.45, 7) is -0.246. The van der Waals surface area contributed by atoms with Crippen LogP contribution in [0.2, 0.25) is 10.0 Å². The van der Waals surface area contributed by atoms with E-state index in [2.05, 4.69) is 0 Å². The normalized spacial score (nSPS) is 10.6. The molecule has 0 aliphatic heterocycles. The molecule has 0 unspecified atom stereocenters. The van der Waals surface area contributed by atoms with Gasteiger partial charge in [0.25, 0.3) is 5.69 Å². The average Bonchev–Trinajstić information content (AvgIpc) is 2.43. The molecule has 0 saturated heterocycles. The number of benzene rings is 2. The van der Waals surface area contributed by atoms with E-state index in [-0.39, 0.29) is 12.3 Å². The number of aliphatic hydroxyl groups is 1. The molecule has 7 heteroatoms. The fraction of sp³-hybridized carbons (Fsp3) is 0.0769. The van der Waals surface area contributed by atoms with Crippen molar-refractivity contribution in [2.75, 3.05) is 0 Å². The highest BCUT2D eigenvalue weighted by molar-refractivity contribution is 7.99. The number of halogens is 2. The summed E-state index contributed by atoms with van der Waals surface area (Å²) in [5.74, 6) is 0. The minimum Gasteiger partial charge on any atom is -0.392 e. The fourth-order valence-electron chi connectivity index (χ4n) is 1.56. The maximum atomic E-state index is 11.1. The van der Waals surface area contributed by atoms with Crippen LogP contribution in [0.15, 0.2) is 46.2 Å². The molecular formula is C13H9Cl2NO3S. The zero-order valence-corrected chi connectivity index (χ0v) is 12.4. The standard InChI is InChI=1S/C13H9Cl2NO3S/c14-9-2-3-10(15)13(6-9)20-12-4-1-8(7-17)5-11(12)16(18)19/h1-6,17H,7H2. The van der Waals surface area contributed by atoms with Gasteiger partial charge in [0.05, 0.1) is 21.4 Å². The predicted molar refractivity (Wildman–Crippen MR) is 79.6 cm³/mol. The van der Waals surface area contributed by atoms with Gasteiger partial charge in [-0.1, -0.05) is 41.0 Å². The number of hydrogen-bond acceptors (Lipinski definition) is 4. The van der Waals surface area contributed by atoms with Crippen molar-refractivity contribution in [1.29, 1.82) is 0 Å². The van der Waals surface area contributed by atoms with Gasteiger partial charge in [-0.25, -0.2) is 0 Å². The van der Waals surface area contributed by atoms with E-state index in [1.54, 1.807) is 30.3 Å². The third-order valence-corrected chi connectivity index (χ3v) is 4.32. The van der Waals surface area contributed by atoms with Crippen LogP contribution in [0, 0.1) is 10.1 Å². The van der Waals surface area contributed by atoms with E-state index in [1.165, 1.54) is 6.07 Å². The van der Waals surface area contributed by atoms with Gasteiger partial charge in [0.2, 0.25) is 0 Å². The molecule has 0 bridgehead atoms. The minimum atomic E-state index is -0.486. The fourth-order valence-corrected chi connectivity index (χ4v) is 3.00. The molecule has 0 heterocycles. The van der Waals surface area contributed by atoms with Gasteiger partial charge < -0.3 is 5.11 Å². The summed E-state index contributed by atoms with van der Waals surface area (Å²) < 4.78 is 0. The second kappa shape index (κ2) is 6.45. The van der Waals surface area contributed by atoms with E-state index in [4.69, 9.17) is 28.3 Å². The lowest BCUT2D eigenvalue weighted by atomic mass is 10.2. The summed E-state index contributed by atoms with van der Waals surface area (Å²) in [6.07, 6.45) is 0. The SMILES string of the molecule is O=[N+]([O-])c1cc(CO)ccc1Sc1cc(Cl)ccc1Cl. The zero-order valence-electron chi connectivity index (χ0n) is 10.0. The van der Waals surface area contributed by atoms with Crippen LogP contribution in [0.5, 0.6) is 0 Å². The minimum absolute atomic E-state index is 0.0717. The molecule has 0 spiro atoms. The van der Waals surface area contributed by atoms with Crippen LogP contribution in [0.1, 0.15) is 5.56 Å². The lowest BCUT2D eigenvalue weighted by molar-refractivity contribution is -0.387. The molecule has 4 nitrogen and oxygen atoms in total. The molecule has 2 rings (SSSR count). The molecule has 0 saturated carbocycles. The van der Waals surface area contributed by atoms with Gasteiger partial charge in [-0.3, -0.25) is 10.1 Å². The van der Waals surface area contributed by atoms with Crippen LogP contribution in [0.3, 0.4) is 0 Å². The van der Waals surface area contributed by atoms with Crippen molar-refractivity contribution in [3.05, 3.63) is 62.1 Å². The third kappa shape index (κ3) is 3.43. The van der Waals surface area contributed by atoms with Crippen molar-refractivity contribution in [2.24, 2.45) is 0 Å². The van der Waals surface area contributed by atoms with E-state index < -0.39 is 4.92 Å². The molecular weight excluding hydrogens is 321 g/mol. The van der Waals surface area contributed by atoms with Gasteiger partial charge in [-0.05, 0) is 29.8 Å². The summed E-state index contributed by atoms with van der Waals surface area (Å²) in [6, 6.07) is 9.51. The molecule has 0 aromatic heterocycles. The Kier molecular flexibility index (Phi) is 4.88. The highest BCUT2D eigenvalue weighted by Gasteiger charge is 2.17. The molecule has 0 fully saturated rings. The Morgan fingerprint density at radius 3 is 2.55 bits per heavy atom. The van der Waals surface area contributed by atoms with Crippen molar-refractivity contribution in [3.8, 4) is 0 Å². The Morgan fingerprint density at radius 1 is 1.15 bits per heavy atom. The second-order valence-electron chi connectivity index (χ2n) is 3.89. The van der Waals surface area contributed by atoms with Crippen molar-refractivity contribution in [2.45, 2.75) is 16.4 Å². The van der Waals surface area contributed by atoms with Crippen LogP contribution in [-0.4, -0.2) is 10.0 Å². The molecule has 0 amide bonds. The van der Waals surface area contributed by atoms with Gasteiger partial charge in [0, 0.05) is 16.0 Å². The second-order valence-corrected chi connectivity index (χ2v) is 5.82. The first-order chi connectivity index (χ1) is 9.51. The number of aliphatic hydroxyl groups excluding tert-OH is 1. The molecule has 0 aliphatic rings. The molecule has 0 atom stereocenters. The quantitative estimate of drug-likeness (QED) is 0.660. The van der Waals surface area contributed by atoms with E-state index in [1.807, 2.05) is 0 Å². The molecule has 2 aromatic carbocycles. The molecule has 20 heavy (non-hydrogen) atoms. The zero-order chi connectivity index (χ0) is 14.7. The largest absolute Gasteiger partial charge is 0.392 e. The summed E-state index contributed by atoms with van der Waals surface area (Å²) >= 11 is 13.1. The van der Waals surface area contributed by atoms with E-state index >= 15 is 0 Å². The lowest BCUT2D eigenvalue weighted by Gasteiger charge is -2.06. The maximum Gasteiger partial charge on any atom is 0.283 e. The summed E-state index contributed by atoms with van der Waals surface area (Å²) in [5.41, 5.74) is 0.413. The summed E-state index contributed by atoms with van der Waals surface area (Å²) in [7, 11) is 0. The first-order valence-electron chi connectivity index (χ1n) is 5.52. The van der Waals surface area contributed by atoms with Gasteiger partial charge in [0.15, 0.2) is 0 Å². The number of hydrogen-bond donors (Lipinski definition) is 1. The van der Waals surface area contributed by atoms with Crippen LogP contribution >= 0.6 is 35.0 Å². The smallest absolute Gasteiger partial charge is 0.283 e. The molecule has 2 aromatic rings. The van der Waals surface area contributed by atoms with Crippen LogP contribution in [-0.2, 0) is 6.61 Å². The van der Waals surface area contributed by atoms with Crippen LogP contribution in [0.4, 0.5) is 5.69 Å². The van der Waals surface area contributed by atoms with Crippen molar-refractivity contribution in [1.82, 2.24) is 0 Å². The first-order valence-corrected chi connectivity index (χ1v) is 7.09. The number of rotatable bonds is 4. The Hall–Kier alpha value is -1.27. The lowest BCUT2D eigenvalue weighted by Crippen LogP contribution is -1.93. The van der Waals surface area contributed by atoms with Gasteiger partial charge in [-0.15, -0.1) is 0 Å². The Morgan fingerprint density at radius 2 is 1.90 bits per heavy atom. The molecule has 1 N–H and O–H groups in total. The van der Waals surface area contributed by atoms with Gasteiger partial charge in [0.1, 0.15) is 0 Å². The topological polar surface area (TPSA) is 63.4 Å². The maximum absolute atomic E-state index is 11.1. The van der Waals surface area contributed by atoms with Crippen LogP contribution < -0.4 is 0 Å². The molecule has 0 aliphatic carbocycles. The number of nitro benzene ring substituents is 1. The first kappa shape index (κ1) is 15.1. The van der Waals surface area contributed by atoms with Gasteiger partial charge in [-0.2, -0.15) is 0 Å². The van der Waals surface area contributed by atoms with E-state index in [9.17, 15) is 10.1 Å². The molecule has 104 valence electrons. The van der Waals surface area contributed by atoms with Crippen molar-refractivity contribution >= 4 is 40.7 Å². The summed E-state index contributed by atoms with van der Waals surface area (Å²) in [5, 5.41) is 21.1. The van der Waals surface area contributed by atoms with Gasteiger partial charge >= 0.3 is 0 Å². The monoisotopic (exact) mass is 329 g/mol. The van der Waals surface area contributed by atoms with E-state index in [0.29, 0.717) is 25.4 Å². The van der Waals surface area contributed by atoms with Crippen LogP contribution in [0.25, 0.3) is 0 Å². The average molecular weight is 330 g/mol. The number of nitro groups is 1. The van der Waals surface area contributed by atoms with Crippen molar-refractivity contribution < 1.29 is 10.0 Å².